The van der Waals surface area contributed by atoms with Gasteiger partial charge in [-0.2, -0.15) is 0 Å². The zero-order valence-corrected chi connectivity index (χ0v) is 19.7. The van der Waals surface area contributed by atoms with Crippen molar-refractivity contribution < 1.29 is 23.8 Å². The van der Waals surface area contributed by atoms with Crippen molar-refractivity contribution in [2.24, 2.45) is 0 Å². The summed E-state index contributed by atoms with van der Waals surface area (Å²) in [5, 5.41) is 12.9. The largest absolute Gasteiger partial charge is 0.466 e. The monoisotopic (exact) mass is 440 g/mol. The second kappa shape index (κ2) is 9.91. The molecule has 3 atom stereocenters. The van der Waals surface area contributed by atoms with Gasteiger partial charge in [-0.05, 0) is 21.5 Å². The third-order valence-corrected chi connectivity index (χ3v) is 10.7. The van der Waals surface area contributed by atoms with Gasteiger partial charge in [-0.1, -0.05) is 81.4 Å². The number of hydrogen-bond acceptors (Lipinski definition) is 5. The number of hydrogen-bond donors (Lipinski definition) is 1. The number of ether oxygens (including phenoxy) is 2. The minimum atomic E-state index is -2.67. The van der Waals surface area contributed by atoms with E-state index in [-0.39, 0.29) is 23.9 Å². The smallest absolute Gasteiger partial charge is 0.330 e. The van der Waals surface area contributed by atoms with Crippen molar-refractivity contribution >= 4 is 24.7 Å². The first-order valence-electron chi connectivity index (χ1n) is 10.6. The first-order chi connectivity index (χ1) is 14.8. The number of aliphatic hydroxyl groups excluding tert-OH is 1. The minimum absolute atomic E-state index is 0.112. The topological polar surface area (TPSA) is 68.3 Å². The van der Waals surface area contributed by atoms with E-state index >= 15 is 0 Å². The van der Waals surface area contributed by atoms with Crippen LogP contribution in [-0.2, 0) is 18.7 Å². The molecule has 0 radical (unpaired) electrons. The maximum Gasteiger partial charge on any atom is 0.330 e. The summed E-state index contributed by atoms with van der Waals surface area (Å²) in [5.74, 6) is -0.412. The number of aliphatic hydroxyl groups is 1. The molecule has 0 bridgehead atoms. The molecule has 1 heterocycles. The highest BCUT2D eigenvalue weighted by atomic mass is 28.4. The molecule has 0 amide bonds. The Bertz CT molecular complexity index is 836. The summed E-state index contributed by atoms with van der Waals surface area (Å²) in [7, 11) is -1.33. The standard InChI is InChI=1S/C25H32O5Si/c1-25(2,3)31(20-11-7-5-8-12-20,21-13-9-6-10-14-21)29-18-19(26)17-23-22(30-23)15-16-24(27)28-4/h5-16,19,22-23,26H,17-18H2,1-4H3/b16-15+/t19-,22-,23+/m0/s1. The molecule has 0 spiro atoms. The van der Waals surface area contributed by atoms with Crippen LogP contribution in [0, 0.1) is 0 Å². The van der Waals surface area contributed by atoms with E-state index in [0.29, 0.717) is 6.42 Å². The van der Waals surface area contributed by atoms with E-state index in [1.54, 1.807) is 6.08 Å². The fourth-order valence-electron chi connectivity index (χ4n) is 4.08. The van der Waals surface area contributed by atoms with Gasteiger partial charge in [0.25, 0.3) is 8.32 Å². The fourth-order valence-corrected chi connectivity index (χ4v) is 8.67. The predicted octanol–water partition coefficient (Wildman–Crippen LogP) is 2.81. The molecule has 2 aromatic carbocycles. The Hall–Kier alpha value is -2.25. The predicted molar refractivity (Wildman–Crippen MR) is 124 cm³/mol. The van der Waals surface area contributed by atoms with Gasteiger partial charge >= 0.3 is 5.97 Å². The van der Waals surface area contributed by atoms with Gasteiger partial charge < -0.3 is 19.0 Å². The first-order valence-corrected chi connectivity index (χ1v) is 12.5. The summed E-state index contributed by atoms with van der Waals surface area (Å²) in [6.07, 6.45) is 2.54. The summed E-state index contributed by atoms with van der Waals surface area (Å²) in [6.45, 7) is 6.86. The summed E-state index contributed by atoms with van der Waals surface area (Å²) in [5.41, 5.74) is 0. The van der Waals surface area contributed by atoms with E-state index < -0.39 is 20.4 Å². The Balaban J connectivity index is 1.76. The van der Waals surface area contributed by atoms with Gasteiger partial charge in [0.2, 0.25) is 0 Å². The summed E-state index contributed by atoms with van der Waals surface area (Å²) >= 11 is 0. The van der Waals surface area contributed by atoms with E-state index in [4.69, 9.17) is 9.16 Å². The van der Waals surface area contributed by atoms with Gasteiger partial charge in [0.15, 0.2) is 0 Å². The van der Waals surface area contributed by atoms with Gasteiger partial charge in [0.05, 0.1) is 25.9 Å². The second-order valence-electron chi connectivity index (χ2n) is 8.89. The second-order valence-corrected chi connectivity index (χ2v) is 13.2. The van der Waals surface area contributed by atoms with Gasteiger partial charge in [0, 0.05) is 12.5 Å². The number of carbonyl (C=O) groups excluding carboxylic acids is 1. The Morgan fingerprint density at radius 1 is 1.10 bits per heavy atom. The van der Waals surface area contributed by atoms with Crippen LogP contribution in [0.1, 0.15) is 27.2 Å². The third kappa shape index (κ3) is 5.52. The van der Waals surface area contributed by atoms with Crippen LogP contribution in [-0.4, -0.2) is 51.4 Å². The Morgan fingerprint density at radius 2 is 1.65 bits per heavy atom. The molecule has 31 heavy (non-hydrogen) atoms. The molecule has 1 aliphatic rings. The summed E-state index contributed by atoms with van der Waals surface area (Å²) in [4.78, 5) is 11.2. The number of epoxide rings is 1. The van der Waals surface area contributed by atoms with E-state index in [2.05, 4.69) is 49.8 Å². The van der Waals surface area contributed by atoms with E-state index in [9.17, 15) is 9.90 Å². The lowest BCUT2D eigenvalue weighted by molar-refractivity contribution is -0.134. The Labute approximate surface area is 185 Å². The zero-order chi connectivity index (χ0) is 22.5. The number of methoxy groups -OCH3 is 1. The van der Waals surface area contributed by atoms with E-state index in [1.165, 1.54) is 23.6 Å². The molecule has 1 saturated heterocycles. The maximum atomic E-state index is 11.2. The first kappa shape index (κ1) is 23.4. The van der Waals surface area contributed by atoms with Crippen molar-refractivity contribution in [1.29, 1.82) is 0 Å². The van der Waals surface area contributed by atoms with Gasteiger partial charge in [-0.3, -0.25) is 0 Å². The van der Waals surface area contributed by atoms with Crippen molar-refractivity contribution in [3.05, 3.63) is 72.8 Å². The lowest BCUT2D eigenvalue weighted by Crippen LogP contribution is -2.67. The van der Waals surface area contributed by atoms with Crippen LogP contribution >= 0.6 is 0 Å². The molecule has 0 unspecified atom stereocenters. The Morgan fingerprint density at radius 3 is 2.13 bits per heavy atom. The molecule has 0 aliphatic carbocycles. The summed E-state index contributed by atoms with van der Waals surface area (Å²) < 4.78 is 16.9. The van der Waals surface area contributed by atoms with Crippen molar-refractivity contribution in [1.82, 2.24) is 0 Å². The normalized spacial score (nSPS) is 19.9. The van der Waals surface area contributed by atoms with Crippen LogP contribution in [0.2, 0.25) is 5.04 Å². The molecular weight excluding hydrogens is 408 g/mol. The van der Waals surface area contributed by atoms with Crippen LogP contribution in [0.3, 0.4) is 0 Å². The average molecular weight is 441 g/mol. The fraction of sp³-hybridized carbons (Fsp3) is 0.400. The number of rotatable bonds is 9. The van der Waals surface area contributed by atoms with Crippen LogP contribution in [0.15, 0.2) is 72.8 Å². The highest BCUT2D eigenvalue weighted by Crippen LogP contribution is 2.37. The quantitative estimate of drug-likeness (QED) is 0.281. The van der Waals surface area contributed by atoms with Gasteiger partial charge in [-0.15, -0.1) is 0 Å². The average Bonchev–Trinajstić information content (AvgIpc) is 3.50. The molecule has 5 nitrogen and oxygen atoms in total. The Kier molecular flexibility index (Phi) is 7.49. The molecule has 6 heteroatoms. The third-order valence-electron chi connectivity index (χ3n) is 5.66. The maximum absolute atomic E-state index is 11.2. The van der Waals surface area contributed by atoms with Crippen LogP contribution in [0.4, 0.5) is 0 Å². The van der Waals surface area contributed by atoms with Crippen molar-refractivity contribution in [2.45, 2.75) is 50.5 Å². The number of carbonyl (C=O) groups is 1. The summed E-state index contributed by atoms with van der Waals surface area (Å²) in [6, 6.07) is 20.7. The van der Waals surface area contributed by atoms with Gasteiger partial charge in [0.1, 0.15) is 6.10 Å². The molecule has 3 rings (SSSR count). The molecule has 1 N–H and O–H groups in total. The highest BCUT2D eigenvalue weighted by Gasteiger charge is 2.50. The van der Waals surface area contributed by atoms with Crippen molar-refractivity contribution in [3.8, 4) is 0 Å². The van der Waals surface area contributed by atoms with Crippen molar-refractivity contribution in [2.75, 3.05) is 13.7 Å². The lowest BCUT2D eigenvalue weighted by atomic mass is 10.1. The number of esters is 1. The van der Waals surface area contributed by atoms with Crippen molar-refractivity contribution in [3.63, 3.8) is 0 Å². The molecule has 1 aliphatic heterocycles. The van der Waals surface area contributed by atoms with E-state index in [0.717, 1.165) is 0 Å². The minimum Gasteiger partial charge on any atom is -0.466 e. The van der Waals surface area contributed by atoms with Crippen LogP contribution < -0.4 is 10.4 Å². The number of benzene rings is 2. The van der Waals surface area contributed by atoms with Gasteiger partial charge in [-0.25, -0.2) is 4.79 Å². The van der Waals surface area contributed by atoms with Crippen LogP contribution in [0.25, 0.3) is 0 Å². The molecule has 2 aromatic rings. The van der Waals surface area contributed by atoms with Crippen LogP contribution in [0.5, 0.6) is 0 Å². The SMILES string of the molecule is COC(=O)/C=C/[C@@H]1O[C@@H]1C[C@H](O)CO[Si](c1ccccc1)(c1ccccc1)C(C)(C)C. The lowest BCUT2D eigenvalue weighted by Gasteiger charge is -2.43. The van der Waals surface area contributed by atoms with E-state index in [1.807, 2.05) is 36.4 Å². The molecule has 0 aromatic heterocycles. The molecular formula is C25H32O5Si. The highest BCUT2D eigenvalue weighted by molar-refractivity contribution is 6.99. The zero-order valence-electron chi connectivity index (χ0n) is 18.7. The molecule has 166 valence electrons. The molecule has 1 fully saturated rings. The molecule has 0 saturated carbocycles.